The second kappa shape index (κ2) is 7.85. The van der Waals surface area contributed by atoms with Gasteiger partial charge >= 0.3 is 6.03 Å². The van der Waals surface area contributed by atoms with Crippen molar-refractivity contribution in [1.29, 1.82) is 5.26 Å². The maximum Gasteiger partial charge on any atom is 0.319 e. The molecule has 0 saturated carbocycles. The van der Waals surface area contributed by atoms with Crippen LogP contribution in [0.2, 0.25) is 0 Å². The van der Waals surface area contributed by atoms with Gasteiger partial charge in [0, 0.05) is 6.54 Å². The zero-order valence-electron chi connectivity index (χ0n) is 13.2. The van der Waals surface area contributed by atoms with E-state index < -0.39 is 0 Å². The first-order valence-electron chi connectivity index (χ1n) is 7.38. The van der Waals surface area contributed by atoms with Gasteiger partial charge in [0.1, 0.15) is 5.75 Å². The van der Waals surface area contributed by atoms with Crippen molar-refractivity contribution in [2.75, 3.05) is 5.32 Å². The lowest BCUT2D eigenvalue weighted by atomic mass is 10.2. The molecule has 0 aliphatic carbocycles. The molecule has 0 aliphatic heterocycles. The molecule has 0 radical (unpaired) electrons. The average Bonchev–Trinajstić information content (AvgIpc) is 2.55. The third-order valence-electron chi connectivity index (χ3n) is 3.02. The predicted octanol–water partition coefficient (Wildman–Crippen LogP) is 3.67. The second-order valence-corrected chi connectivity index (χ2v) is 5.28. The number of benzene rings is 2. The van der Waals surface area contributed by atoms with Crippen LogP contribution in [0, 0.1) is 11.3 Å². The number of carbonyl (C=O) groups is 1. The van der Waals surface area contributed by atoms with E-state index in [1.54, 1.807) is 18.2 Å². The zero-order chi connectivity index (χ0) is 16.7. The number of rotatable bonds is 5. The summed E-state index contributed by atoms with van der Waals surface area (Å²) in [6.07, 6.45) is -0.0316. The maximum absolute atomic E-state index is 12.1. The van der Waals surface area contributed by atoms with Crippen LogP contribution in [0.15, 0.2) is 48.5 Å². The quantitative estimate of drug-likeness (QED) is 0.885. The highest BCUT2D eigenvalue weighted by atomic mass is 16.5. The van der Waals surface area contributed by atoms with Gasteiger partial charge in [-0.2, -0.15) is 5.26 Å². The zero-order valence-corrected chi connectivity index (χ0v) is 13.2. The first kappa shape index (κ1) is 16.4. The number of ether oxygens (including phenoxy) is 1. The summed E-state index contributed by atoms with van der Waals surface area (Å²) in [5.41, 5.74) is 1.94. The summed E-state index contributed by atoms with van der Waals surface area (Å²) in [5, 5.41) is 14.5. The van der Waals surface area contributed by atoms with E-state index in [4.69, 9.17) is 10.00 Å². The van der Waals surface area contributed by atoms with Crippen LogP contribution in [0.3, 0.4) is 0 Å². The second-order valence-electron chi connectivity index (χ2n) is 5.28. The fraction of sp³-hybridized carbons (Fsp3) is 0.222. The summed E-state index contributed by atoms with van der Waals surface area (Å²) in [5.74, 6) is 0.536. The van der Waals surface area contributed by atoms with Gasteiger partial charge in [-0.15, -0.1) is 0 Å². The lowest BCUT2D eigenvalue weighted by Gasteiger charge is -2.15. The van der Waals surface area contributed by atoms with E-state index in [9.17, 15) is 4.79 Å². The fourth-order valence-corrected chi connectivity index (χ4v) is 2.00. The van der Waals surface area contributed by atoms with Crippen molar-refractivity contribution in [2.24, 2.45) is 0 Å². The number of nitrogens with zero attached hydrogens (tertiary/aromatic N) is 1. The van der Waals surface area contributed by atoms with E-state index >= 15 is 0 Å². The van der Waals surface area contributed by atoms with Crippen LogP contribution in [0.5, 0.6) is 5.75 Å². The number of carbonyl (C=O) groups excluding carboxylic acids is 1. The molecule has 5 nitrogen and oxygen atoms in total. The largest absolute Gasteiger partial charge is 0.489 e. The summed E-state index contributed by atoms with van der Waals surface area (Å²) in [4.78, 5) is 12.1. The molecule has 2 rings (SSSR count). The van der Waals surface area contributed by atoms with Crippen molar-refractivity contribution in [3.63, 3.8) is 0 Å². The molecular formula is C18H19N3O2. The molecule has 2 N–H and O–H groups in total. The van der Waals surface area contributed by atoms with Crippen LogP contribution in [0.25, 0.3) is 0 Å². The Morgan fingerprint density at radius 3 is 2.61 bits per heavy atom. The topological polar surface area (TPSA) is 74.1 Å². The number of hydrogen-bond acceptors (Lipinski definition) is 3. The summed E-state index contributed by atoms with van der Waals surface area (Å²) >= 11 is 0. The van der Waals surface area contributed by atoms with Gasteiger partial charge in [0.25, 0.3) is 0 Å². The highest BCUT2D eigenvalue weighted by molar-refractivity contribution is 5.91. The van der Waals surface area contributed by atoms with Gasteiger partial charge in [0.15, 0.2) is 0 Å². The molecule has 118 valence electrons. The molecule has 23 heavy (non-hydrogen) atoms. The van der Waals surface area contributed by atoms with Crippen molar-refractivity contribution < 1.29 is 9.53 Å². The molecule has 0 aliphatic rings. The molecule has 2 amide bonds. The smallest absolute Gasteiger partial charge is 0.319 e. The minimum atomic E-state index is -0.349. The standard InChI is InChI=1S/C18H19N3O2/c1-13(2)23-17-9-8-15(11-19)10-16(17)21-18(22)20-12-14-6-4-3-5-7-14/h3-10,13H,12H2,1-2H3,(H2,20,21,22). The number of amides is 2. The Bertz CT molecular complexity index is 706. The molecule has 0 saturated heterocycles. The van der Waals surface area contributed by atoms with Crippen LogP contribution in [-0.2, 0) is 6.54 Å². The van der Waals surface area contributed by atoms with E-state index in [1.807, 2.05) is 44.2 Å². The van der Waals surface area contributed by atoms with Crippen molar-refractivity contribution in [2.45, 2.75) is 26.5 Å². The Hall–Kier alpha value is -3.00. The summed E-state index contributed by atoms with van der Waals surface area (Å²) in [7, 11) is 0. The minimum Gasteiger partial charge on any atom is -0.489 e. The van der Waals surface area contributed by atoms with Gasteiger partial charge in [-0.3, -0.25) is 0 Å². The van der Waals surface area contributed by atoms with Crippen LogP contribution in [0.1, 0.15) is 25.0 Å². The van der Waals surface area contributed by atoms with E-state index in [0.29, 0.717) is 23.5 Å². The Morgan fingerprint density at radius 1 is 1.22 bits per heavy atom. The van der Waals surface area contributed by atoms with Crippen molar-refractivity contribution in [1.82, 2.24) is 5.32 Å². The lowest BCUT2D eigenvalue weighted by molar-refractivity contribution is 0.241. The monoisotopic (exact) mass is 309 g/mol. The molecule has 0 bridgehead atoms. The Morgan fingerprint density at radius 2 is 1.96 bits per heavy atom. The minimum absolute atomic E-state index is 0.0316. The van der Waals surface area contributed by atoms with Gasteiger partial charge < -0.3 is 15.4 Å². The molecule has 2 aromatic carbocycles. The number of hydrogen-bond donors (Lipinski definition) is 2. The van der Waals surface area contributed by atoms with Crippen LogP contribution in [0.4, 0.5) is 10.5 Å². The Balaban J connectivity index is 2.05. The number of urea groups is 1. The predicted molar refractivity (Wildman–Crippen MR) is 89.2 cm³/mol. The van der Waals surface area contributed by atoms with Crippen molar-refractivity contribution in [3.05, 3.63) is 59.7 Å². The van der Waals surface area contributed by atoms with Gasteiger partial charge in [-0.1, -0.05) is 30.3 Å². The van der Waals surface area contributed by atoms with Crippen LogP contribution >= 0.6 is 0 Å². The molecule has 2 aromatic rings. The number of anilines is 1. The lowest BCUT2D eigenvalue weighted by Crippen LogP contribution is -2.28. The van der Waals surface area contributed by atoms with E-state index in [-0.39, 0.29) is 12.1 Å². The third-order valence-corrected chi connectivity index (χ3v) is 3.02. The summed E-state index contributed by atoms with van der Waals surface area (Å²) < 4.78 is 5.66. The van der Waals surface area contributed by atoms with Gasteiger partial charge in [-0.25, -0.2) is 4.79 Å². The summed E-state index contributed by atoms with van der Waals surface area (Å²) in [6.45, 7) is 4.22. The van der Waals surface area contributed by atoms with E-state index in [2.05, 4.69) is 16.7 Å². The number of nitrogens with one attached hydrogen (secondary N) is 2. The SMILES string of the molecule is CC(C)Oc1ccc(C#N)cc1NC(=O)NCc1ccccc1. The Kier molecular flexibility index (Phi) is 5.59. The number of nitriles is 1. The van der Waals surface area contributed by atoms with Crippen molar-refractivity contribution in [3.8, 4) is 11.8 Å². The summed E-state index contributed by atoms with van der Waals surface area (Å²) in [6, 6.07) is 16.3. The highest BCUT2D eigenvalue weighted by Gasteiger charge is 2.10. The first-order chi connectivity index (χ1) is 11.1. The average molecular weight is 309 g/mol. The normalized spacial score (nSPS) is 10.0. The molecule has 0 heterocycles. The maximum atomic E-state index is 12.1. The molecule has 0 unspecified atom stereocenters. The molecule has 0 aromatic heterocycles. The van der Waals surface area contributed by atoms with Gasteiger partial charge in [0.05, 0.1) is 23.4 Å². The molecule has 0 spiro atoms. The van der Waals surface area contributed by atoms with Gasteiger partial charge in [-0.05, 0) is 37.6 Å². The molecule has 0 atom stereocenters. The van der Waals surface area contributed by atoms with Gasteiger partial charge in [0.2, 0.25) is 0 Å². The van der Waals surface area contributed by atoms with Crippen molar-refractivity contribution >= 4 is 11.7 Å². The Labute approximate surface area is 135 Å². The highest BCUT2D eigenvalue weighted by Crippen LogP contribution is 2.26. The third kappa shape index (κ3) is 5.04. The molecule has 0 fully saturated rings. The van der Waals surface area contributed by atoms with Crippen LogP contribution < -0.4 is 15.4 Å². The molecule has 5 heteroatoms. The van der Waals surface area contributed by atoms with E-state index in [0.717, 1.165) is 5.56 Å². The fourth-order valence-electron chi connectivity index (χ4n) is 2.00. The molecular weight excluding hydrogens is 290 g/mol. The van der Waals surface area contributed by atoms with Crippen LogP contribution in [-0.4, -0.2) is 12.1 Å². The van der Waals surface area contributed by atoms with E-state index in [1.165, 1.54) is 0 Å². The first-order valence-corrected chi connectivity index (χ1v) is 7.38.